The highest BCUT2D eigenvalue weighted by molar-refractivity contribution is 5.77. The van der Waals surface area contributed by atoms with Crippen molar-refractivity contribution in [2.24, 2.45) is 0 Å². The highest BCUT2D eigenvalue weighted by Crippen LogP contribution is 2.17. The molecule has 0 aliphatic carbocycles. The summed E-state index contributed by atoms with van der Waals surface area (Å²) in [6, 6.07) is 5.03. The van der Waals surface area contributed by atoms with Gasteiger partial charge in [-0.05, 0) is 25.1 Å². The molecule has 2 aromatic heterocycles. The number of aryl methyl sites for hydroxylation is 1. The lowest BCUT2D eigenvalue weighted by Crippen LogP contribution is -2.15. The van der Waals surface area contributed by atoms with Gasteiger partial charge in [0.05, 0.1) is 12.1 Å². The van der Waals surface area contributed by atoms with Gasteiger partial charge in [0.2, 0.25) is 0 Å². The Morgan fingerprint density at radius 1 is 1.39 bits per heavy atom. The van der Waals surface area contributed by atoms with Crippen LogP contribution in [0.4, 0.5) is 5.69 Å². The number of nitrogen functional groups attached to an aromatic ring is 1. The molecule has 0 fully saturated rings. The minimum Gasteiger partial charge on any atom is -0.408 e. The molecule has 0 atom stereocenters. The standard InChI is InChI=1S/C11H10N4O3/c1-6-8(14-18-13-6)5-15-9-4-7(12)2-3-10(9)17-11(15)16/h2-4H,5,12H2,1H3. The van der Waals surface area contributed by atoms with Crippen molar-refractivity contribution in [1.82, 2.24) is 14.9 Å². The molecule has 0 amide bonds. The van der Waals surface area contributed by atoms with E-state index in [1.807, 2.05) is 0 Å². The van der Waals surface area contributed by atoms with Crippen molar-refractivity contribution in [3.05, 3.63) is 40.1 Å². The van der Waals surface area contributed by atoms with Gasteiger partial charge in [-0.3, -0.25) is 4.57 Å². The van der Waals surface area contributed by atoms with Crippen molar-refractivity contribution in [2.45, 2.75) is 13.5 Å². The van der Waals surface area contributed by atoms with Gasteiger partial charge in [-0.2, -0.15) is 0 Å². The number of anilines is 1. The zero-order valence-electron chi connectivity index (χ0n) is 9.58. The fourth-order valence-electron chi connectivity index (χ4n) is 1.77. The fraction of sp³-hybridized carbons (Fsp3) is 0.182. The maximum Gasteiger partial charge on any atom is 0.420 e. The third-order valence-corrected chi connectivity index (χ3v) is 2.75. The Kier molecular flexibility index (Phi) is 2.19. The third-order valence-electron chi connectivity index (χ3n) is 2.75. The minimum atomic E-state index is -0.460. The Morgan fingerprint density at radius 2 is 2.22 bits per heavy atom. The summed E-state index contributed by atoms with van der Waals surface area (Å²) in [5, 5.41) is 7.41. The van der Waals surface area contributed by atoms with Crippen LogP contribution in [0.5, 0.6) is 0 Å². The molecule has 0 saturated carbocycles. The highest BCUT2D eigenvalue weighted by atomic mass is 16.6. The number of rotatable bonds is 2. The van der Waals surface area contributed by atoms with Crippen LogP contribution in [0.3, 0.4) is 0 Å². The molecule has 0 radical (unpaired) electrons. The second-order valence-electron chi connectivity index (χ2n) is 3.98. The second kappa shape index (κ2) is 3.73. The zero-order chi connectivity index (χ0) is 12.7. The van der Waals surface area contributed by atoms with Gasteiger partial charge in [-0.1, -0.05) is 10.3 Å². The van der Waals surface area contributed by atoms with E-state index >= 15 is 0 Å². The van der Waals surface area contributed by atoms with Gasteiger partial charge in [-0.15, -0.1) is 0 Å². The van der Waals surface area contributed by atoms with Gasteiger partial charge in [0.1, 0.15) is 11.4 Å². The summed E-state index contributed by atoms with van der Waals surface area (Å²) in [5.41, 5.74) is 8.60. The van der Waals surface area contributed by atoms with E-state index in [0.717, 1.165) is 0 Å². The third kappa shape index (κ3) is 1.56. The van der Waals surface area contributed by atoms with E-state index < -0.39 is 5.76 Å². The van der Waals surface area contributed by atoms with Crippen LogP contribution in [0.1, 0.15) is 11.4 Å². The number of aromatic nitrogens is 3. The molecule has 3 aromatic rings. The number of oxazole rings is 1. The summed E-state index contributed by atoms with van der Waals surface area (Å²) in [4.78, 5) is 11.8. The number of benzene rings is 1. The summed E-state index contributed by atoms with van der Waals surface area (Å²) < 4.78 is 11.2. The lowest BCUT2D eigenvalue weighted by atomic mass is 10.3. The molecule has 0 aliphatic rings. The molecule has 0 spiro atoms. The fourth-order valence-corrected chi connectivity index (χ4v) is 1.77. The van der Waals surface area contributed by atoms with Crippen molar-refractivity contribution < 1.29 is 9.05 Å². The summed E-state index contributed by atoms with van der Waals surface area (Å²) >= 11 is 0. The van der Waals surface area contributed by atoms with Crippen LogP contribution >= 0.6 is 0 Å². The summed E-state index contributed by atoms with van der Waals surface area (Å²) in [6.45, 7) is 2.00. The van der Waals surface area contributed by atoms with Gasteiger partial charge in [0, 0.05) is 5.69 Å². The first-order chi connectivity index (χ1) is 8.65. The first kappa shape index (κ1) is 10.6. The van der Waals surface area contributed by atoms with Crippen molar-refractivity contribution in [1.29, 1.82) is 0 Å². The Labute approximate surface area is 101 Å². The van der Waals surface area contributed by atoms with Gasteiger partial charge in [-0.25, -0.2) is 9.42 Å². The lowest BCUT2D eigenvalue weighted by molar-refractivity contribution is 0.300. The van der Waals surface area contributed by atoms with Gasteiger partial charge in [0.15, 0.2) is 5.58 Å². The van der Waals surface area contributed by atoms with E-state index in [4.69, 9.17) is 10.2 Å². The van der Waals surface area contributed by atoms with Crippen LogP contribution < -0.4 is 11.5 Å². The normalized spacial score (nSPS) is 11.2. The van der Waals surface area contributed by atoms with E-state index in [1.165, 1.54) is 4.57 Å². The molecule has 0 bridgehead atoms. The van der Waals surface area contributed by atoms with Crippen LogP contribution in [0.25, 0.3) is 11.1 Å². The highest BCUT2D eigenvalue weighted by Gasteiger charge is 2.13. The lowest BCUT2D eigenvalue weighted by Gasteiger charge is -1.99. The van der Waals surface area contributed by atoms with Crippen molar-refractivity contribution in [3.8, 4) is 0 Å². The molecule has 0 saturated heterocycles. The Balaban J connectivity index is 2.17. The topological polar surface area (TPSA) is 100 Å². The molecule has 2 heterocycles. The smallest absolute Gasteiger partial charge is 0.408 e. The zero-order valence-corrected chi connectivity index (χ0v) is 9.58. The number of hydrogen-bond acceptors (Lipinski definition) is 6. The summed E-state index contributed by atoms with van der Waals surface area (Å²) in [6.07, 6.45) is 0. The largest absolute Gasteiger partial charge is 0.420 e. The van der Waals surface area contributed by atoms with Crippen LogP contribution in [-0.2, 0) is 6.54 Å². The minimum absolute atomic E-state index is 0.241. The van der Waals surface area contributed by atoms with E-state index in [9.17, 15) is 4.79 Å². The maximum absolute atomic E-state index is 11.8. The van der Waals surface area contributed by atoms with Crippen LogP contribution in [0.15, 0.2) is 32.0 Å². The Bertz CT molecular complexity index is 768. The molecular weight excluding hydrogens is 236 g/mol. The average Bonchev–Trinajstić information content (AvgIpc) is 2.86. The summed E-state index contributed by atoms with van der Waals surface area (Å²) in [5.74, 6) is -0.460. The predicted molar refractivity (Wildman–Crippen MR) is 63.0 cm³/mol. The van der Waals surface area contributed by atoms with E-state index in [-0.39, 0.29) is 6.54 Å². The summed E-state index contributed by atoms with van der Waals surface area (Å²) in [7, 11) is 0. The Morgan fingerprint density at radius 3 is 2.94 bits per heavy atom. The molecule has 1 aromatic carbocycles. The van der Waals surface area contributed by atoms with Gasteiger partial charge in [0.25, 0.3) is 0 Å². The molecule has 7 nitrogen and oxygen atoms in total. The molecule has 18 heavy (non-hydrogen) atoms. The van der Waals surface area contributed by atoms with E-state index in [2.05, 4.69) is 14.9 Å². The predicted octanol–water partition coefficient (Wildman–Crippen LogP) is 0.916. The quantitative estimate of drug-likeness (QED) is 0.675. The van der Waals surface area contributed by atoms with E-state index in [0.29, 0.717) is 28.2 Å². The van der Waals surface area contributed by atoms with Gasteiger partial charge >= 0.3 is 5.76 Å². The average molecular weight is 246 g/mol. The number of nitrogens with zero attached hydrogens (tertiary/aromatic N) is 3. The molecule has 0 aliphatic heterocycles. The van der Waals surface area contributed by atoms with E-state index in [1.54, 1.807) is 25.1 Å². The molecule has 2 N–H and O–H groups in total. The number of nitrogens with two attached hydrogens (primary N) is 1. The van der Waals surface area contributed by atoms with Crippen LogP contribution in [0, 0.1) is 6.92 Å². The van der Waals surface area contributed by atoms with Crippen molar-refractivity contribution in [3.63, 3.8) is 0 Å². The van der Waals surface area contributed by atoms with Crippen molar-refractivity contribution >= 4 is 16.8 Å². The second-order valence-corrected chi connectivity index (χ2v) is 3.98. The number of fused-ring (bicyclic) bond motifs is 1. The molecule has 7 heteroatoms. The molecule has 0 unspecified atom stereocenters. The van der Waals surface area contributed by atoms with Crippen LogP contribution in [0.2, 0.25) is 0 Å². The monoisotopic (exact) mass is 246 g/mol. The first-order valence-corrected chi connectivity index (χ1v) is 5.32. The Hall–Kier alpha value is -2.57. The maximum atomic E-state index is 11.8. The molecule has 92 valence electrons. The van der Waals surface area contributed by atoms with Crippen LogP contribution in [-0.4, -0.2) is 14.9 Å². The number of hydrogen-bond donors (Lipinski definition) is 1. The van der Waals surface area contributed by atoms with Crippen molar-refractivity contribution in [2.75, 3.05) is 5.73 Å². The molecule has 3 rings (SSSR count). The first-order valence-electron chi connectivity index (χ1n) is 5.32. The SMILES string of the molecule is Cc1nonc1Cn1c(=O)oc2ccc(N)cc21. The van der Waals surface area contributed by atoms with Gasteiger partial charge < -0.3 is 10.2 Å². The molecular formula is C11H10N4O3.